The van der Waals surface area contributed by atoms with E-state index in [0.29, 0.717) is 23.2 Å². The summed E-state index contributed by atoms with van der Waals surface area (Å²) in [5, 5.41) is 31.6. The molecular formula is C21H32N4O4S. The Bertz CT molecular complexity index is 779. The Morgan fingerprint density at radius 1 is 1.33 bits per heavy atom. The summed E-state index contributed by atoms with van der Waals surface area (Å²) in [6, 6.07) is 0.589. The minimum atomic E-state index is -1.05. The number of carbonyl (C=O) groups excluding carboxylic acids is 1. The van der Waals surface area contributed by atoms with Crippen LogP contribution in [0.1, 0.15) is 46.5 Å². The molecule has 2 saturated heterocycles. The minimum absolute atomic E-state index is 0.0621. The van der Waals surface area contributed by atoms with Crippen molar-refractivity contribution in [2.24, 2.45) is 11.8 Å². The Kier molecular flexibility index (Phi) is 5.89. The van der Waals surface area contributed by atoms with Gasteiger partial charge in [-0.1, -0.05) is 6.92 Å². The maximum absolute atomic E-state index is 12.4. The summed E-state index contributed by atoms with van der Waals surface area (Å²) in [7, 11) is 0. The van der Waals surface area contributed by atoms with E-state index in [1.54, 1.807) is 18.7 Å². The molecule has 0 radical (unpaired) electrons. The van der Waals surface area contributed by atoms with Crippen molar-refractivity contribution in [1.29, 1.82) is 5.41 Å². The van der Waals surface area contributed by atoms with E-state index in [4.69, 9.17) is 5.41 Å². The number of aliphatic hydroxyl groups is 1. The number of amides is 1. The molecule has 3 fully saturated rings. The predicted molar refractivity (Wildman–Crippen MR) is 115 cm³/mol. The molecule has 3 heterocycles. The van der Waals surface area contributed by atoms with Crippen molar-refractivity contribution < 1.29 is 19.8 Å². The Balaban J connectivity index is 1.35. The number of carboxylic acid groups (broad SMARTS) is 1. The van der Waals surface area contributed by atoms with Gasteiger partial charge in [-0.2, -0.15) is 0 Å². The monoisotopic (exact) mass is 436 g/mol. The van der Waals surface area contributed by atoms with Crippen LogP contribution in [0.2, 0.25) is 0 Å². The number of piperidine rings is 1. The van der Waals surface area contributed by atoms with Crippen molar-refractivity contribution >= 4 is 29.5 Å². The highest BCUT2D eigenvalue weighted by atomic mass is 32.2. The SMILES string of the molecule is CC(=N)N1CCC[C@H](NC2CC(SC3=C(C(=O)O)N4C(=O)[C@H]([C@@H](C)O)[C@H]4[C@H]3C)C2)C1. The second-order valence-electron chi connectivity index (χ2n) is 9.22. The lowest BCUT2D eigenvalue weighted by Gasteiger charge is -2.46. The van der Waals surface area contributed by atoms with Gasteiger partial charge in [0.1, 0.15) is 5.70 Å². The third kappa shape index (κ3) is 3.65. The van der Waals surface area contributed by atoms with Gasteiger partial charge in [-0.3, -0.25) is 10.2 Å². The van der Waals surface area contributed by atoms with Gasteiger partial charge in [0, 0.05) is 41.2 Å². The van der Waals surface area contributed by atoms with E-state index in [1.807, 2.05) is 13.8 Å². The lowest BCUT2D eigenvalue weighted by molar-refractivity contribution is -0.163. The van der Waals surface area contributed by atoms with Gasteiger partial charge < -0.3 is 25.3 Å². The van der Waals surface area contributed by atoms with Crippen molar-refractivity contribution in [1.82, 2.24) is 15.1 Å². The molecule has 5 atom stereocenters. The van der Waals surface area contributed by atoms with Crippen LogP contribution in [0.5, 0.6) is 0 Å². The predicted octanol–water partition coefficient (Wildman–Crippen LogP) is 1.46. The summed E-state index contributed by atoms with van der Waals surface area (Å²) in [6.45, 7) is 7.26. The standard InChI is InChI=1S/C21H32N4O4S/c1-10-17-16(11(2)26)20(27)25(17)18(21(28)29)19(10)30-15-7-14(8-15)23-13-5-4-6-24(9-13)12(3)22/h10-11,13-17,22-23,26H,4-9H2,1-3H3,(H,28,29)/t10-,11-,13+,14?,15?,16-,17-/m1/s1. The Hall–Kier alpha value is -1.58. The van der Waals surface area contributed by atoms with Crippen LogP contribution in [0, 0.1) is 17.2 Å². The van der Waals surface area contributed by atoms with Gasteiger partial charge in [-0.25, -0.2) is 4.79 Å². The number of hydrogen-bond donors (Lipinski definition) is 4. The normalized spacial score (nSPS) is 36.9. The highest BCUT2D eigenvalue weighted by Gasteiger charge is 2.60. The fourth-order valence-corrected chi connectivity index (χ4v) is 7.07. The third-order valence-electron chi connectivity index (χ3n) is 7.07. The van der Waals surface area contributed by atoms with E-state index in [9.17, 15) is 19.8 Å². The molecule has 1 aliphatic carbocycles. The lowest BCUT2D eigenvalue weighted by Crippen LogP contribution is -2.63. The van der Waals surface area contributed by atoms with Crippen LogP contribution in [0.4, 0.5) is 0 Å². The highest BCUT2D eigenvalue weighted by Crippen LogP contribution is 2.53. The Morgan fingerprint density at radius 3 is 2.63 bits per heavy atom. The number of carboxylic acids is 1. The quantitative estimate of drug-likeness (QED) is 0.283. The lowest BCUT2D eigenvalue weighted by atomic mass is 9.79. The molecule has 8 nitrogen and oxygen atoms in total. The topological polar surface area (TPSA) is 117 Å². The van der Waals surface area contributed by atoms with Gasteiger partial charge >= 0.3 is 5.97 Å². The maximum atomic E-state index is 12.4. The number of aliphatic carboxylic acids is 1. The number of thioether (sulfide) groups is 1. The second kappa shape index (κ2) is 8.16. The van der Waals surface area contributed by atoms with Crippen molar-refractivity contribution in [3.8, 4) is 0 Å². The van der Waals surface area contributed by atoms with Crippen molar-refractivity contribution in [3.63, 3.8) is 0 Å². The van der Waals surface area contributed by atoms with Crippen molar-refractivity contribution in [2.75, 3.05) is 13.1 Å². The molecule has 166 valence electrons. The van der Waals surface area contributed by atoms with Gasteiger partial charge in [0.25, 0.3) is 0 Å². The zero-order valence-electron chi connectivity index (χ0n) is 17.8. The van der Waals surface area contributed by atoms with E-state index in [-0.39, 0.29) is 23.6 Å². The number of aliphatic hydroxyl groups excluding tert-OH is 1. The average molecular weight is 437 g/mol. The average Bonchev–Trinajstić information content (AvgIpc) is 2.88. The number of β-lactam (4-membered cyclic amide) rings is 1. The van der Waals surface area contributed by atoms with Crippen LogP contribution in [-0.2, 0) is 9.59 Å². The van der Waals surface area contributed by atoms with Crippen LogP contribution in [0.3, 0.4) is 0 Å². The highest BCUT2D eigenvalue weighted by molar-refractivity contribution is 8.03. The van der Waals surface area contributed by atoms with Crippen LogP contribution in [0.25, 0.3) is 0 Å². The first-order chi connectivity index (χ1) is 14.2. The summed E-state index contributed by atoms with van der Waals surface area (Å²) in [4.78, 5) is 28.7. The molecule has 4 rings (SSSR count). The number of nitrogens with zero attached hydrogens (tertiary/aromatic N) is 2. The van der Waals surface area contributed by atoms with Gasteiger partial charge in [0.15, 0.2) is 0 Å². The molecule has 0 spiro atoms. The molecule has 4 N–H and O–H groups in total. The van der Waals surface area contributed by atoms with E-state index in [0.717, 1.165) is 43.7 Å². The number of fused-ring (bicyclic) bond motifs is 1. The van der Waals surface area contributed by atoms with Gasteiger partial charge in [-0.05, 0) is 39.5 Å². The zero-order chi connectivity index (χ0) is 21.7. The van der Waals surface area contributed by atoms with E-state index < -0.39 is 18.0 Å². The molecule has 0 unspecified atom stereocenters. The first kappa shape index (κ1) is 21.6. The molecule has 0 aromatic heterocycles. The number of amidine groups is 1. The molecular weight excluding hydrogens is 404 g/mol. The maximum Gasteiger partial charge on any atom is 0.353 e. The largest absolute Gasteiger partial charge is 0.477 e. The van der Waals surface area contributed by atoms with E-state index in [2.05, 4.69) is 10.2 Å². The number of nitrogens with one attached hydrogen (secondary N) is 2. The molecule has 3 aliphatic heterocycles. The van der Waals surface area contributed by atoms with Crippen LogP contribution < -0.4 is 5.32 Å². The molecule has 0 aromatic carbocycles. The molecule has 0 aromatic rings. The molecule has 4 aliphatic rings. The number of rotatable bonds is 6. The summed E-state index contributed by atoms with van der Waals surface area (Å²) >= 11 is 1.61. The zero-order valence-corrected chi connectivity index (χ0v) is 18.6. The van der Waals surface area contributed by atoms with Crippen molar-refractivity contribution in [2.45, 2.75) is 75.9 Å². The van der Waals surface area contributed by atoms with E-state index >= 15 is 0 Å². The number of carbonyl (C=O) groups is 2. The van der Waals surface area contributed by atoms with E-state index in [1.165, 1.54) is 4.90 Å². The summed E-state index contributed by atoms with van der Waals surface area (Å²) in [6.07, 6.45) is 3.42. The molecule has 30 heavy (non-hydrogen) atoms. The second-order valence-corrected chi connectivity index (χ2v) is 10.6. The minimum Gasteiger partial charge on any atom is -0.477 e. The fraction of sp³-hybridized carbons (Fsp3) is 0.762. The van der Waals surface area contributed by atoms with Gasteiger partial charge in [0.2, 0.25) is 5.91 Å². The first-order valence-corrected chi connectivity index (χ1v) is 11.8. The van der Waals surface area contributed by atoms with Crippen molar-refractivity contribution in [3.05, 3.63) is 10.6 Å². The summed E-state index contributed by atoms with van der Waals surface area (Å²) in [5.41, 5.74) is 0.125. The van der Waals surface area contributed by atoms with Crippen LogP contribution in [0.15, 0.2) is 10.6 Å². The Morgan fingerprint density at radius 2 is 2.03 bits per heavy atom. The van der Waals surface area contributed by atoms with Crippen LogP contribution >= 0.6 is 11.8 Å². The fourth-order valence-electron chi connectivity index (χ4n) is 5.41. The number of hydrogen-bond acceptors (Lipinski definition) is 6. The number of likely N-dealkylation sites (tertiary alicyclic amines) is 1. The third-order valence-corrected chi connectivity index (χ3v) is 8.60. The van der Waals surface area contributed by atoms with Gasteiger partial charge in [0.05, 0.1) is 23.9 Å². The Labute approximate surface area is 181 Å². The summed E-state index contributed by atoms with van der Waals surface area (Å²) < 4.78 is 0. The molecule has 1 amide bonds. The first-order valence-electron chi connectivity index (χ1n) is 10.9. The van der Waals surface area contributed by atoms with Crippen LogP contribution in [-0.4, -0.2) is 80.3 Å². The molecule has 1 saturated carbocycles. The smallest absolute Gasteiger partial charge is 0.353 e. The molecule has 9 heteroatoms. The summed E-state index contributed by atoms with van der Waals surface area (Å²) in [5.74, 6) is -1.27. The van der Waals surface area contributed by atoms with Gasteiger partial charge in [-0.15, -0.1) is 11.8 Å². The molecule has 0 bridgehead atoms.